The number of nitrogens with zero attached hydrogens (tertiary/aromatic N) is 1. The summed E-state index contributed by atoms with van der Waals surface area (Å²) in [5.41, 5.74) is 2.58. The Bertz CT molecular complexity index is 523. The van der Waals surface area contributed by atoms with Gasteiger partial charge in [0.1, 0.15) is 0 Å². The fourth-order valence-corrected chi connectivity index (χ4v) is 3.67. The van der Waals surface area contributed by atoms with Gasteiger partial charge in [0, 0.05) is 25.6 Å². The number of aryl methyl sites for hydroxylation is 1. The van der Waals surface area contributed by atoms with Gasteiger partial charge in [-0.3, -0.25) is 4.79 Å². The lowest BCUT2D eigenvalue weighted by molar-refractivity contribution is -0.137. The molecule has 1 aromatic carbocycles. The highest BCUT2D eigenvalue weighted by Gasteiger charge is 2.28. The first-order valence-electron chi connectivity index (χ1n) is 9.39. The SMILES string of the molecule is Cc1ccc(CCN(CC2CCCO2)C(=O)C2CCNCC2)cc1.Cl. The van der Waals surface area contributed by atoms with Crippen LogP contribution < -0.4 is 5.32 Å². The molecule has 1 amide bonds. The Kier molecular flexibility index (Phi) is 8.20. The molecule has 1 aromatic rings. The van der Waals surface area contributed by atoms with Gasteiger partial charge in [0.2, 0.25) is 5.91 Å². The molecule has 2 aliphatic rings. The van der Waals surface area contributed by atoms with Crippen molar-refractivity contribution in [2.24, 2.45) is 5.92 Å². The van der Waals surface area contributed by atoms with Crippen molar-refractivity contribution in [2.45, 2.75) is 45.1 Å². The normalized spacial score (nSPS) is 20.9. The van der Waals surface area contributed by atoms with Crippen molar-refractivity contribution in [1.82, 2.24) is 10.2 Å². The van der Waals surface area contributed by atoms with Crippen LogP contribution >= 0.6 is 12.4 Å². The summed E-state index contributed by atoms with van der Waals surface area (Å²) in [6, 6.07) is 8.64. The lowest BCUT2D eigenvalue weighted by Gasteiger charge is -2.31. The number of halogens is 1. The minimum Gasteiger partial charge on any atom is -0.376 e. The second-order valence-corrected chi connectivity index (χ2v) is 7.18. The van der Waals surface area contributed by atoms with Gasteiger partial charge in [-0.25, -0.2) is 0 Å². The Balaban J connectivity index is 0.00000225. The maximum atomic E-state index is 13.0. The molecule has 1 unspecified atom stereocenters. The van der Waals surface area contributed by atoms with Gasteiger partial charge in [-0.05, 0) is 57.7 Å². The fraction of sp³-hybridized carbons (Fsp3) is 0.650. The Morgan fingerprint density at radius 1 is 1.20 bits per heavy atom. The van der Waals surface area contributed by atoms with E-state index in [-0.39, 0.29) is 24.4 Å². The van der Waals surface area contributed by atoms with Crippen molar-refractivity contribution in [2.75, 3.05) is 32.8 Å². The number of rotatable bonds is 6. The predicted molar refractivity (Wildman–Crippen MR) is 103 cm³/mol. The monoisotopic (exact) mass is 366 g/mol. The Morgan fingerprint density at radius 3 is 2.56 bits per heavy atom. The third-order valence-corrected chi connectivity index (χ3v) is 5.24. The van der Waals surface area contributed by atoms with Crippen LogP contribution in [0.5, 0.6) is 0 Å². The van der Waals surface area contributed by atoms with Crippen molar-refractivity contribution in [3.63, 3.8) is 0 Å². The molecule has 3 rings (SSSR count). The van der Waals surface area contributed by atoms with Gasteiger partial charge in [0.05, 0.1) is 6.10 Å². The minimum absolute atomic E-state index is 0. The van der Waals surface area contributed by atoms with Crippen molar-refractivity contribution >= 4 is 18.3 Å². The van der Waals surface area contributed by atoms with Crippen LogP contribution in [0.25, 0.3) is 0 Å². The lowest BCUT2D eigenvalue weighted by atomic mass is 9.96. The molecule has 0 saturated carbocycles. The number of hydrogen-bond donors (Lipinski definition) is 1. The van der Waals surface area contributed by atoms with Gasteiger partial charge in [-0.1, -0.05) is 29.8 Å². The van der Waals surface area contributed by atoms with Crippen LogP contribution in [0, 0.1) is 12.8 Å². The Labute approximate surface area is 157 Å². The first kappa shape index (κ1) is 20.2. The number of piperidine rings is 1. The van der Waals surface area contributed by atoms with Gasteiger partial charge in [-0.2, -0.15) is 0 Å². The van der Waals surface area contributed by atoms with Crippen molar-refractivity contribution in [3.8, 4) is 0 Å². The summed E-state index contributed by atoms with van der Waals surface area (Å²) in [4.78, 5) is 15.1. The number of benzene rings is 1. The number of nitrogens with one attached hydrogen (secondary N) is 1. The zero-order chi connectivity index (χ0) is 16.8. The minimum atomic E-state index is 0. The van der Waals surface area contributed by atoms with E-state index in [4.69, 9.17) is 4.74 Å². The standard InChI is InChI=1S/C20H30N2O2.ClH/c1-16-4-6-17(7-5-16)10-13-22(15-19-3-2-14-24-19)20(23)18-8-11-21-12-9-18;/h4-7,18-19,21H,2-3,8-15H2,1H3;1H. The van der Waals surface area contributed by atoms with E-state index in [1.165, 1.54) is 11.1 Å². The van der Waals surface area contributed by atoms with Crippen molar-refractivity contribution in [3.05, 3.63) is 35.4 Å². The van der Waals surface area contributed by atoms with Gasteiger partial charge in [0.25, 0.3) is 0 Å². The molecule has 0 spiro atoms. The van der Waals surface area contributed by atoms with Crippen LogP contribution in [0.4, 0.5) is 0 Å². The Hall–Kier alpha value is -1.10. The summed E-state index contributed by atoms with van der Waals surface area (Å²) in [5.74, 6) is 0.518. The van der Waals surface area contributed by atoms with Crippen LogP contribution in [0.15, 0.2) is 24.3 Å². The average molecular weight is 367 g/mol. The summed E-state index contributed by atoms with van der Waals surface area (Å²) < 4.78 is 5.78. The third kappa shape index (κ3) is 5.98. The lowest BCUT2D eigenvalue weighted by Crippen LogP contribution is -2.44. The summed E-state index contributed by atoms with van der Waals surface area (Å²) in [6.07, 6.45) is 5.28. The summed E-state index contributed by atoms with van der Waals surface area (Å²) in [5, 5.41) is 3.35. The maximum absolute atomic E-state index is 13.0. The van der Waals surface area contributed by atoms with Crippen LogP contribution in [-0.2, 0) is 16.0 Å². The summed E-state index contributed by atoms with van der Waals surface area (Å²) in [7, 11) is 0. The molecule has 1 atom stereocenters. The van der Waals surface area contributed by atoms with E-state index in [1.807, 2.05) is 0 Å². The van der Waals surface area contributed by atoms with Crippen LogP contribution in [0.3, 0.4) is 0 Å². The molecule has 0 aromatic heterocycles. The highest BCUT2D eigenvalue weighted by Crippen LogP contribution is 2.19. The van der Waals surface area contributed by atoms with E-state index >= 15 is 0 Å². The van der Waals surface area contributed by atoms with Crippen molar-refractivity contribution < 1.29 is 9.53 Å². The van der Waals surface area contributed by atoms with E-state index < -0.39 is 0 Å². The summed E-state index contributed by atoms with van der Waals surface area (Å²) >= 11 is 0. The topological polar surface area (TPSA) is 41.6 Å². The number of carbonyl (C=O) groups is 1. The molecule has 0 aliphatic carbocycles. The van der Waals surface area contributed by atoms with E-state index in [1.54, 1.807) is 0 Å². The number of ether oxygens (including phenoxy) is 1. The van der Waals surface area contributed by atoms with Crippen molar-refractivity contribution in [1.29, 1.82) is 0 Å². The molecule has 4 nitrogen and oxygen atoms in total. The van der Waals surface area contributed by atoms with Gasteiger partial charge < -0.3 is 15.0 Å². The number of carbonyl (C=O) groups excluding carboxylic acids is 1. The maximum Gasteiger partial charge on any atom is 0.225 e. The van der Waals surface area contributed by atoms with Crippen LogP contribution in [0.1, 0.15) is 36.8 Å². The van der Waals surface area contributed by atoms with E-state index in [0.717, 1.165) is 64.9 Å². The van der Waals surface area contributed by atoms with E-state index in [9.17, 15) is 4.79 Å². The highest BCUT2D eigenvalue weighted by atomic mass is 35.5. The largest absolute Gasteiger partial charge is 0.376 e. The zero-order valence-corrected chi connectivity index (χ0v) is 16.0. The van der Waals surface area contributed by atoms with E-state index in [0.29, 0.717) is 5.91 Å². The second kappa shape index (κ2) is 10.1. The molecule has 0 radical (unpaired) electrons. The zero-order valence-electron chi connectivity index (χ0n) is 15.2. The second-order valence-electron chi connectivity index (χ2n) is 7.18. The molecule has 25 heavy (non-hydrogen) atoms. The molecule has 140 valence electrons. The quantitative estimate of drug-likeness (QED) is 0.841. The average Bonchev–Trinajstić information content (AvgIpc) is 3.13. The van der Waals surface area contributed by atoms with Crippen LogP contribution in [-0.4, -0.2) is 49.7 Å². The molecule has 2 aliphatic heterocycles. The van der Waals surface area contributed by atoms with Gasteiger partial charge in [-0.15, -0.1) is 12.4 Å². The molecule has 2 heterocycles. The molecular formula is C20H31ClN2O2. The van der Waals surface area contributed by atoms with Crippen LogP contribution in [0.2, 0.25) is 0 Å². The molecule has 2 fully saturated rings. The molecule has 0 bridgehead atoms. The first-order valence-corrected chi connectivity index (χ1v) is 9.39. The third-order valence-electron chi connectivity index (χ3n) is 5.24. The van der Waals surface area contributed by atoms with E-state index in [2.05, 4.69) is 41.4 Å². The summed E-state index contributed by atoms with van der Waals surface area (Å²) in [6.45, 7) is 6.43. The van der Waals surface area contributed by atoms with Gasteiger partial charge in [0.15, 0.2) is 0 Å². The van der Waals surface area contributed by atoms with Gasteiger partial charge >= 0.3 is 0 Å². The molecule has 5 heteroatoms. The smallest absolute Gasteiger partial charge is 0.225 e. The fourth-order valence-electron chi connectivity index (χ4n) is 3.67. The predicted octanol–water partition coefficient (Wildman–Crippen LogP) is 2.97. The molecule has 2 saturated heterocycles. The highest BCUT2D eigenvalue weighted by molar-refractivity contribution is 5.85. The first-order chi connectivity index (χ1) is 11.7. The Morgan fingerprint density at radius 2 is 1.92 bits per heavy atom. The molecule has 1 N–H and O–H groups in total. The number of amides is 1. The number of hydrogen-bond acceptors (Lipinski definition) is 3. The molecular weight excluding hydrogens is 336 g/mol.